The summed E-state index contributed by atoms with van der Waals surface area (Å²) in [5.41, 5.74) is 3.39. The molecule has 2 rings (SSSR count). The second-order valence-corrected chi connectivity index (χ2v) is 5.58. The van der Waals surface area contributed by atoms with E-state index in [2.05, 4.69) is 48.1 Å². The van der Waals surface area contributed by atoms with E-state index >= 15 is 0 Å². The molecular formula is C15H17ClN2S. The second-order valence-electron chi connectivity index (χ2n) is 4.30. The Bertz CT molecular complexity index is 558. The minimum Gasteiger partial charge on any atom is -0.240 e. The van der Waals surface area contributed by atoms with Gasteiger partial charge in [-0.25, -0.2) is 9.97 Å². The number of rotatable bonds is 5. The normalized spacial score (nSPS) is 10.7. The van der Waals surface area contributed by atoms with Crippen LogP contribution in [0.1, 0.15) is 29.6 Å². The summed E-state index contributed by atoms with van der Waals surface area (Å²) in [6.07, 6.45) is 2.75. The van der Waals surface area contributed by atoms with Crippen LogP contribution in [-0.4, -0.2) is 9.97 Å². The molecule has 2 nitrogen and oxygen atoms in total. The molecule has 0 atom stereocenters. The van der Waals surface area contributed by atoms with Gasteiger partial charge < -0.3 is 0 Å². The number of aryl methyl sites for hydroxylation is 2. The minimum absolute atomic E-state index is 0.481. The topological polar surface area (TPSA) is 25.8 Å². The number of thioether (sulfide) groups is 1. The zero-order chi connectivity index (χ0) is 13.7. The Morgan fingerprint density at radius 1 is 1.26 bits per heavy atom. The van der Waals surface area contributed by atoms with Crippen molar-refractivity contribution in [3.8, 4) is 0 Å². The van der Waals surface area contributed by atoms with Crippen molar-refractivity contribution in [2.75, 3.05) is 0 Å². The molecule has 0 aliphatic carbocycles. The smallest absolute Gasteiger partial charge is 0.138 e. The molecule has 0 aliphatic heterocycles. The van der Waals surface area contributed by atoms with Gasteiger partial charge in [0.05, 0.1) is 11.6 Å². The molecule has 2 aromatic rings. The summed E-state index contributed by atoms with van der Waals surface area (Å²) >= 11 is 7.65. The zero-order valence-electron chi connectivity index (χ0n) is 11.2. The van der Waals surface area contributed by atoms with E-state index in [9.17, 15) is 0 Å². The van der Waals surface area contributed by atoms with Crippen molar-refractivity contribution in [3.05, 3.63) is 53.1 Å². The highest BCUT2D eigenvalue weighted by Gasteiger charge is 2.06. The fourth-order valence-electron chi connectivity index (χ4n) is 1.83. The molecule has 0 fully saturated rings. The molecule has 0 saturated heterocycles. The van der Waals surface area contributed by atoms with E-state index in [0.29, 0.717) is 5.88 Å². The standard InChI is InChI=1S/C15H17ClN2S/c1-3-13-12(8-16)9-17-15(18-13)10-19-14-7-5-4-6-11(14)2/h4-7,9H,3,8,10H2,1-2H3. The van der Waals surface area contributed by atoms with E-state index in [-0.39, 0.29) is 0 Å². The Labute approximate surface area is 123 Å². The van der Waals surface area contributed by atoms with E-state index in [1.165, 1.54) is 10.5 Å². The molecule has 1 heterocycles. The van der Waals surface area contributed by atoms with Gasteiger partial charge in [0.1, 0.15) is 5.82 Å². The highest BCUT2D eigenvalue weighted by molar-refractivity contribution is 7.98. The molecule has 0 aliphatic rings. The van der Waals surface area contributed by atoms with Crippen LogP contribution in [0.2, 0.25) is 0 Å². The fourth-order valence-corrected chi connectivity index (χ4v) is 2.95. The number of halogens is 1. The fraction of sp³-hybridized carbons (Fsp3) is 0.333. The minimum atomic E-state index is 0.481. The summed E-state index contributed by atoms with van der Waals surface area (Å²) in [7, 11) is 0. The van der Waals surface area contributed by atoms with Crippen molar-refractivity contribution in [2.24, 2.45) is 0 Å². The van der Waals surface area contributed by atoms with Gasteiger partial charge in [-0.2, -0.15) is 0 Å². The Morgan fingerprint density at radius 3 is 2.74 bits per heavy atom. The van der Waals surface area contributed by atoms with E-state index in [1.807, 2.05) is 6.20 Å². The van der Waals surface area contributed by atoms with Gasteiger partial charge in [0.2, 0.25) is 0 Å². The van der Waals surface area contributed by atoms with E-state index in [1.54, 1.807) is 11.8 Å². The van der Waals surface area contributed by atoms with Gasteiger partial charge in [-0.3, -0.25) is 0 Å². The molecule has 0 N–H and O–H groups in total. The lowest BCUT2D eigenvalue weighted by molar-refractivity contribution is 0.912. The van der Waals surface area contributed by atoms with Gasteiger partial charge in [0.25, 0.3) is 0 Å². The highest BCUT2D eigenvalue weighted by atomic mass is 35.5. The first kappa shape index (κ1) is 14.4. The second kappa shape index (κ2) is 6.92. The van der Waals surface area contributed by atoms with Crippen molar-refractivity contribution in [3.63, 3.8) is 0 Å². The van der Waals surface area contributed by atoms with Crippen LogP contribution in [0, 0.1) is 6.92 Å². The number of hydrogen-bond donors (Lipinski definition) is 0. The summed E-state index contributed by atoms with van der Waals surface area (Å²) < 4.78 is 0. The van der Waals surface area contributed by atoms with Crippen LogP contribution in [0.25, 0.3) is 0 Å². The van der Waals surface area contributed by atoms with Gasteiger partial charge >= 0.3 is 0 Å². The molecule has 100 valence electrons. The van der Waals surface area contributed by atoms with Crippen LogP contribution in [-0.2, 0) is 18.1 Å². The van der Waals surface area contributed by atoms with Crippen LogP contribution in [0.5, 0.6) is 0 Å². The molecule has 1 aromatic heterocycles. The summed E-state index contributed by atoms with van der Waals surface area (Å²) in [4.78, 5) is 10.3. The third-order valence-corrected chi connectivity index (χ3v) is 4.39. The largest absolute Gasteiger partial charge is 0.240 e. The summed E-state index contributed by atoms with van der Waals surface area (Å²) in [5, 5.41) is 0. The molecule has 0 spiro atoms. The number of alkyl halides is 1. The van der Waals surface area contributed by atoms with Crippen LogP contribution in [0.4, 0.5) is 0 Å². The predicted molar refractivity (Wildman–Crippen MR) is 81.7 cm³/mol. The average Bonchev–Trinajstić information content (AvgIpc) is 2.46. The number of aromatic nitrogens is 2. The van der Waals surface area contributed by atoms with Gasteiger partial charge in [-0.05, 0) is 25.0 Å². The lowest BCUT2D eigenvalue weighted by Gasteiger charge is -2.07. The van der Waals surface area contributed by atoms with Gasteiger partial charge in [0, 0.05) is 22.3 Å². The molecule has 0 radical (unpaired) electrons. The Kier molecular flexibility index (Phi) is 5.23. The van der Waals surface area contributed by atoms with Crippen molar-refractivity contribution in [1.82, 2.24) is 9.97 Å². The predicted octanol–water partition coefficient (Wildman–Crippen LogP) is 4.38. The van der Waals surface area contributed by atoms with Crippen LogP contribution < -0.4 is 0 Å². The van der Waals surface area contributed by atoms with Gasteiger partial charge in [0.15, 0.2) is 0 Å². The maximum atomic E-state index is 5.87. The molecule has 19 heavy (non-hydrogen) atoms. The quantitative estimate of drug-likeness (QED) is 0.604. The van der Waals surface area contributed by atoms with Crippen molar-refractivity contribution >= 4 is 23.4 Å². The molecular weight excluding hydrogens is 276 g/mol. The van der Waals surface area contributed by atoms with Crippen LogP contribution >= 0.6 is 23.4 Å². The monoisotopic (exact) mass is 292 g/mol. The number of hydrogen-bond acceptors (Lipinski definition) is 3. The molecule has 0 bridgehead atoms. The Hall–Kier alpha value is -1.06. The summed E-state index contributed by atoms with van der Waals surface area (Å²) in [6.45, 7) is 4.22. The Balaban J connectivity index is 2.10. The third-order valence-electron chi connectivity index (χ3n) is 2.93. The van der Waals surface area contributed by atoms with Crippen LogP contribution in [0.3, 0.4) is 0 Å². The van der Waals surface area contributed by atoms with Crippen LogP contribution in [0.15, 0.2) is 35.4 Å². The zero-order valence-corrected chi connectivity index (χ0v) is 12.8. The number of benzene rings is 1. The lowest BCUT2D eigenvalue weighted by atomic mass is 10.2. The molecule has 0 amide bonds. The summed E-state index contributed by atoms with van der Waals surface area (Å²) in [6, 6.07) is 8.37. The maximum absolute atomic E-state index is 5.87. The SMILES string of the molecule is CCc1nc(CSc2ccccc2C)ncc1CCl. The Morgan fingerprint density at radius 2 is 2.05 bits per heavy atom. The van der Waals surface area contributed by atoms with E-state index in [4.69, 9.17) is 11.6 Å². The first-order valence-electron chi connectivity index (χ1n) is 6.32. The van der Waals surface area contributed by atoms with Crippen molar-refractivity contribution in [2.45, 2.75) is 36.8 Å². The average molecular weight is 293 g/mol. The van der Waals surface area contributed by atoms with Gasteiger partial charge in [-0.1, -0.05) is 25.1 Å². The van der Waals surface area contributed by atoms with Gasteiger partial charge in [-0.15, -0.1) is 23.4 Å². The van der Waals surface area contributed by atoms with E-state index < -0.39 is 0 Å². The molecule has 1 aromatic carbocycles. The van der Waals surface area contributed by atoms with Crippen molar-refractivity contribution < 1.29 is 0 Å². The third kappa shape index (κ3) is 3.71. The first-order chi connectivity index (χ1) is 9.24. The number of nitrogens with zero attached hydrogens (tertiary/aromatic N) is 2. The molecule has 0 saturated carbocycles. The molecule has 0 unspecified atom stereocenters. The highest BCUT2D eigenvalue weighted by Crippen LogP contribution is 2.24. The maximum Gasteiger partial charge on any atom is 0.138 e. The lowest BCUT2D eigenvalue weighted by Crippen LogP contribution is -2.01. The van der Waals surface area contributed by atoms with Crippen molar-refractivity contribution in [1.29, 1.82) is 0 Å². The first-order valence-corrected chi connectivity index (χ1v) is 7.84. The summed E-state index contributed by atoms with van der Waals surface area (Å²) in [5.74, 6) is 2.15. The van der Waals surface area contributed by atoms with E-state index in [0.717, 1.165) is 29.3 Å². The molecule has 4 heteroatoms.